The van der Waals surface area contributed by atoms with Crippen molar-refractivity contribution >= 4 is 26.8 Å². The van der Waals surface area contributed by atoms with Gasteiger partial charge < -0.3 is 9.88 Å². The Morgan fingerprint density at radius 2 is 2.00 bits per heavy atom. The molecule has 0 saturated carbocycles. The lowest BCUT2D eigenvalue weighted by atomic mass is 10.1. The minimum atomic E-state index is -0.175. The fourth-order valence-electron chi connectivity index (χ4n) is 2.62. The summed E-state index contributed by atoms with van der Waals surface area (Å²) >= 11 is 3.40. The van der Waals surface area contributed by atoms with Gasteiger partial charge in [-0.05, 0) is 42.9 Å². The molecule has 0 unspecified atom stereocenters. The van der Waals surface area contributed by atoms with Gasteiger partial charge in [0.05, 0.1) is 6.54 Å². The summed E-state index contributed by atoms with van der Waals surface area (Å²) in [5, 5.41) is 4.39. The Labute approximate surface area is 131 Å². The molecule has 0 spiro atoms. The smallest absolute Gasteiger partial charge is 0.128 e. The van der Waals surface area contributed by atoms with Gasteiger partial charge in [-0.2, -0.15) is 0 Å². The van der Waals surface area contributed by atoms with Crippen LogP contribution in [0.5, 0.6) is 0 Å². The Morgan fingerprint density at radius 3 is 2.81 bits per heavy atom. The maximum atomic E-state index is 13.9. The number of aromatic nitrogens is 1. The number of fused-ring (bicyclic) bond motifs is 1. The Morgan fingerprint density at radius 1 is 1.14 bits per heavy atom. The largest absolute Gasteiger partial charge is 0.343 e. The van der Waals surface area contributed by atoms with Gasteiger partial charge in [0, 0.05) is 33.7 Å². The lowest BCUT2D eigenvalue weighted by molar-refractivity contribution is 0.601. The van der Waals surface area contributed by atoms with Crippen LogP contribution in [0.15, 0.2) is 53.1 Å². The third kappa shape index (κ3) is 2.87. The van der Waals surface area contributed by atoms with E-state index in [0.29, 0.717) is 12.1 Å². The first-order chi connectivity index (χ1) is 10.2. The number of nitrogens with one attached hydrogen (secondary N) is 1. The van der Waals surface area contributed by atoms with E-state index in [2.05, 4.69) is 44.0 Å². The molecule has 21 heavy (non-hydrogen) atoms. The van der Waals surface area contributed by atoms with E-state index in [9.17, 15) is 4.39 Å². The SMILES string of the molecule is CNCc1cccc2c1ccn2Cc1cc(Br)ccc1F. The Bertz CT molecular complexity index is 780. The minimum absolute atomic E-state index is 0.175. The van der Waals surface area contributed by atoms with Gasteiger partial charge in [0.1, 0.15) is 5.82 Å². The molecule has 3 aromatic rings. The maximum Gasteiger partial charge on any atom is 0.128 e. The molecule has 2 nitrogen and oxygen atoms in total. The van der Waals surface area contributed by atoms with Gasteiger partial charge in [0.2, 0.25) is 0 Å². The monoisotopic (exact) mass is 346 g/mol. The first kappa shape index (κ1) is 14.3. The second-order valence-electron chi connectivity index (χ2n) is 5.06. The summed E-state index contributed by atoms with van der Waals surface area (Å²) in [5.41, 5.74) is 3.06. The molecule has 0 fully saturated rings. The normalized spacial score (nSPS) is 11.2. The molecule has 0 atom stereocenters. The number of benzene rings is 2. The van der Waals surface area contributed by atoms with Gasteiger partial charge in [0.25, 0.3) is 0 Å². The zero-order valence-electron chi connectivity index (χ0n) is 11.7. The quantitative estimate of drug-likeness (QED) is 0.744. The van der Waals surface area contributed by atoms with E-state index >= 15 is 0 Å². The van der Waals surface area contributed by atoms with Crippen LogP contribution in [0.3, 0.4) is 0 Å². The van der Waals surface area contributed by atoms with Crippen molar-refractivity contribution in [2.24, 2.45) is 0 Å². The fraction of sp³-hybridized carbons (Fsp3) is 0.176. The molecule has 1 heterocycles. The van der Waals surface area contributed by atoms with E-state index in [4.69, 9.17) is 0 Å². The van der Waals surface area contributed by atoms with Gasteiger partial charge in [0.15, 0.2) is 0 Å². The van der Waals surface area contributed by atoms with E-state index in [1.807, 2.05) is 25.4 Å². The predicted molar refractivity (Wildman–Crippen MR) is 87.9 cm³/mol. The van der Waals surface area contributed by atoms with Crippen molar-refractivity contribution in [2.75, 3.05) is 7.05 Å². The van der Waals surface area contributed by atoms with E-state index in [1.54, 1.807) is 6.07 Å². The fourth-order valence-corrected chi connectivity index (χ4v) is 3.03. The summed E-state index contributed by atoms with van der Waals surface area (Å²) in [7, 11) is 1.94. The Balaban J connectivity index is 2.01. The lowest BCUT2D eigenvalue weighted by Crippen LogP contribution is -2.05. The van der Waals surface area contributed by atoms with Crippen molar-refractivity contribution in [1.82, 2.24) is 9.88 Å². The summed E-state index contributed by atoms with van der Waals surface area (Å²) in [6, 6.07) is 13.4. The third-order valence-electron chi connectivity index (χ3n) is 3.62. The standard InChI is InChI=1S/C17H16BrFN2/c1-20-10-12-3-2-4-17-15(12)7-8-21(17)11-13-9-14(18)5-6-16(13)19/h2-9,20H,10-11H2,1H3. The van der Waals surface area contributed by atoms with Crippen molar-refractivity contribution in [2.45, 2.75) is 13.1 Å². The van der Waals surface area contributed by atoms with Crippen LogP contribution in [0.4, 0.5) is 4.39 Å². The molecule has 0 radical (unpaired) electrons. The third-order valence-corrected chi connectivity index (χ3v) is 4.11. The molecule has 0 amide bonds. The summed E-state index contributed by atoms with van der Waals surface area (Å²) in [6.07, 6.45) is 2.02. The lowest BCUT2D eigenvalue weighted by Gasteiger charge is -2.09. The van der Waals surface area contributed by atoms with Crippen LogP contribution >= 0.6 is 15.9 Å². The topological polar surface area (TPSA) is 17.0 Å². The highest BCUT2D eigenvalue weighted by atomic mass is 79.9. The van der Waals surface area contributed by atoms with Gasteiger partial charge >= 0.3 is 0 Å². The van der Waals surface area contributed by atoms with Crippen LogP contribution < -0.4 is 5.32 Å². The van der Waals surface area contributed by atoms with Gasteiger partial charge in [-0.15, -0.1) is 0 Å². The molecule has 0 aliphatic rings. The molecule has 3 rings (SSSR count). The summed E-state index contributed by atoms with van der Waals surface area (Å²) in [6.45, 7) is 1.35. The highest BCUT2D eigenvalue weighted by Gasteiger charge is 2.08. The molecule has 0 aliphatic heterocycles. The van der Waals surface area contributed by atoms with Gasteiger partial charge in [-0.1, -0.05) is 28.1 Å². The maximum absolute atomic E-state index is 13.9. The Kier molecular flexibility index (Phi) is 4.08. The van der Waals surface area contributed by atoms with Gasteiger partial charge in [-0.25, -0.2) is 4.39 Å². The number of rotatable bonds is 4. The molecule has 1 aromatic heterocycles. The van der Waals surface area contributed by atoms with E-state index in [1.165, 1.54) is 17.0 Å². The highest BCUT2D eigenvalue weighted by Crippen LogP contribution is 2.23. The van der Waals surface area contributed by atoms with Crippen LogP contribution in [0.25, 0.3) is 10.9 Å². The average molecular weight is 347 g/mol. The average Bonchev–Trinajstić information content (AvgIpc) is 2.88. The second-order valence-corrected chi connectivity index (χ2v) is 5.98. The van der Waals surface area contributed by atoms with Crippen LogP contribution in [0.1, 0.15) is 11.1 Å². The van der Waals surface area contributed by atoms with Crippen LogP contribution in [0.2, 0.25) is 0 Å². The van der Waals surface area contributed by atoms with E-state index < -0.39 is 0 Å². The first-order valence-electron chi connectivity index (χ1n) is 6.84. The Hall–Kier alpha value is -1.65. The number of hydrogen-bond donors (Lipinski definition) is 1. The van der Waals surface area contributed by atoms with Crippen molar-refractivity contribution in [3.8, 4) is 0 Å². The predicted octanol–water partition coefficient (Wildman–Crippen LogP) is 4.31. The zero-order valence-corrected chi connectivity index (χ0v) is 13.3. The van der Waals surface area contributed by atoms with Crippen molar-refractivity contribution in [1.29, 1.82) is 0 Å². The summed E-state index contributed by atoms with van der Waals surface area (Å²) in [4.78, 5) is 0. The van der Waals surface area contributed by atoms with Crippen LogP contribution in [-0.4, -0.2) is 11.6 Å². The number of nitrogens with zero attached hydrogens (tertiary/aromatic N) is 1. The molecule has 1 N–H and O–H groups in total. The first-order valence-corrected chi connectivity index (χ1v) is 7.63. The van der Waals surface area contributed by atoms with Crippen molar-refractivity contribution < 1.29 is 4.39 Å². The van der Waals surface area contributed by atoms with E-state index in [0.717, 1.165) is 16.5 Å². The molecule has 0 aliphatic carbocycles. The summed E-state index contributed by atoms with van der Waals surface area (Å²) in [5.74, 6) is -0.175. The number of hydrogen-bond acceptors (Lipinski definition) is 1. The highest BCUT2D eigenvalue weighted by molar-refractivity contribution is 9.10. The zero-order chi connectivity index (χ0) is 14.8. The molecule has 2 aromatic carbocycles. The molecular weight excluding hydrogens is 331 g/mol. The minimum Gasteiger partial charge on any atom is -0.343 e. The van der Waals surface area contributed by atoms with Crippen LogP contribution in [-0.2, 0) is 13.1 Å². The van der Waals surface area contributed by atoms with E-state index in [-0.39, 0.29) is 5.82 Å². The number of halogens is 2. The molecule has 0 saturated heterocycles. The molecule has 4 heteroatoms. The molecule has 0 bridgehead atoms. The van der Waals surface area contributed by atoms with Crippen molar-refractivity contribution in [3.63, 3.8) is 0 Å². The van der Waals surface area contributed by atoms with Crippen LogP contribution in [0, 0.1) is 5.82 Å². The second kappa shape index (κ2) is 6.00. The summed E-state index contributed by atoms with van der Waals surface area (Å²) < 4.78 is 16.9. The van der Waals surface area contributed by atoms with Gasteiger partial charge in [-0.3, -0.25) is 0 Å². The molecular formula is C17H16BrFN2. The molecule has 108 valence electrons. The van der Waals surface area contributed by atoms with Crippen molar-refractivity contribution in [3.05, 3.63) is 70.1 Å².